The van der Waals surface area contributed by atoms with E-state index in [9.17, 15) is 10.2 Å². The van der Waals surface area contributed by atoms with Crippen LogP contribution >= 0.6 is 0 Å². The van der Waals surface area contributed by atoms with E-state index in [1.54, 1.807) is 0 Å². The molecule has 2 aliphatic rings. The number of hydrogen-bond donors (Lipinski definition) is 3. The maximum absolute atomic E-state index is 11.0. The number of fused-ring (bicyclic) bond motifs is 2. The van der Waals surface area contributed by atoms with Crippen molar-refractivity contribution in [3.8, 4) is 0 Å². The Kier molecular flexibility index (Phi) is 4.51. The first-order valence-corrected chi connectivity index (χ1v) is 7.95. The molecule has 1 aliphatic heterocycles. The van der Waals surface area contributed by atoms with Gasteiger partial charge in [-0.1, -0.05) is 20.8 Å². The fourth-order valence-corrected chi connectivity index (χ4v) is 3.81. The van der Waals surface area contributed by atoms with Gasteiger partial charge in [0.05, 0.1) is 23.4 Å². The Labute approximate surface area is 122 Å². The molecule has 0 spiro atoms. The summed E-state index contributed by atoms with van der Waals surface area (Å²) < 4.78 is 6.10. The lowest BCUT2D eigenvalue weighted by molar-refractivity contribution is -0.109. The summed E-state index contributed by atoms with van der Waals surface area (Å²) in [5.41, 5.74) is -0.954. The van der Waals surface area contributed by atoms with Crippen molar-refractivity contribution in [2.24, 2.45) is 11.8 Å². The molecule has 1 heterocycles. The van der Waals surface area contributed by atoms with E-state index in [1.807, 2.05) is 0 Å². The Morgan fingerprint density at radius 1 is 1.35 bits per heavy atom. The van der Waals surface area contributed by atoms with Gasteiger partial charge in [0, 0.05) is 24.9 Å². The minimum absolute atomic E-state index is 0.0780. The zero-order valence-electron chi connectivity index (χ0n) is 13.5. The van der Waals surface area contributed by atoms with Gasteiger partial charge in [-0.25, -0.2) is 0 Å². The molecule has 20 heavy (non-hydrogen) atoms. The molecule has 0 radical (unpaired) electrons. The maximum atomic E-state index is 11.0. The Bertz CT molecular complexity index is 345. The highest BCUT2D eigenvalue weighted by molar-refractivity contribution is 5.05. The van der Waals surface area contributed by atoms with Crippen LogP contribution in [0.25, 0.3) is 0 Å². The van der Waals surface area contributed by atoms with E-state index in [0.29, 0.717) is 24.9 Å². The lowest BCUT2D eigenvalue weighted by atomic mass is 9.66. The fraction of sp³-hybridized carbons (Fsp3) is 1.00. The lowest BCUT2D eigenvalue weighted by Gasteiger charge is -2.42. The molecule has 118 valence electrons. The predicted molar refractivity (Wildman–Crippen MR) is 79.6 cm³/mol. The van der Waals surface area contributed by atoms with E-state index in [4.69, 9.17) is 4.74 Å². The summed E-state index contributed by atoms with van der Waals surface area (Å²) in [4.78, 5) is 0. The number of aliphatic hydroxyl groups excluding tert-OH is 1. The molecular weight excluding hydrogens is 254 g/mol. The van der Waals surface area contributed by atoms with Crippen LogP contribution < -0.4 is 5.32 Å². The molecule has 0 aromatic heterocycles. The van der Waals surface area contributed by atoms with Crippen molar-refractivity contribution in [1.29, 1.82) is 0 Å². The van der Waals surface area contributed by atoms with Gasteiger partial charge >= 0.3 is 0 Å². The molecule has 1 saturated heterocycles. The van der Waals surface area contributed by atoms with Gasteiger partial charge in [0.2, 0.25) is 0 Å². The van der Waals surface area contributed by atoms with Gasteiger partial charge in [-0.15, -0.1) is 0 Å². The molecule has 1 saturated carbocycles. The molecule has 0 aromatic carbocycles. The van der Waals surface area contributed by atoms with Crippen LogP contribution in [0.3, 0.4) is 0 Å². The zero-order valence-corrected chi connectivity index (χ0v) is 13.5. The predicted octanol–water partition coefficient (Wildman–Crippen LogP) is 1.69. The van der Waals surface area contributed by atoms with Crippen LogP contribution in [0.15, 0.2) is 0 Å². The van der Waals surface area contributed by atoms with Crippen LogP contribution in [0.5, 0.6) is 0 Å². The van der Waals surface area contributed by atoms with Crippen LogP contribution in [-0.2, 0) is 4.74 Å². The Morgan fingerprint density at radius 2 is 2.00 bits per heavy atom. The number of rotatable bonds is 5. The molecule has 5 atom stereocenters. The largest absolute Gasteiger partial charge is 0.392 e. The van der Waals surface area contributed by atoms with Gasteiger partial charge in [-0.2, -0.15) is 0 Å². The van der Waals surface area contributed by atoms with Gasteiger partial charge in [0.1, 0.15) is 0 Å². The quantitative estimate of drug-likeness (QED) is 0.719. The van der Waals surface area contributed by atoms with Crippen molar-refractivity contribution >= 4 is 0 Å². The van der Waals surface area contributed by atoms with Gasteiger partial charge in [-0.3, -0.25) is 0 Å². The second kappa shape index (κ2) is 5.56. The fourth-order valence-electron chi connectivity index (χ4n) is 3.81. The normalized spacial score (nSPS) is 41.1. The van der Waals surface area contributed by atoms with E-state index >= 15 is 0 Å². The SMILES string of the molecule is CC(C)NCC(O)CC1(O)CC2CC(OC2(C)C)C1C. The van der Waals surface area contributed by atoms with Crippen LogP contribution in [0, 0.1) is 11.8 Å². The first-order chi connectivity index (χ1) is 9.14. The topological polar surface area (TPSA) is 61.7 Å². The minimum atomic E-state index is -0.806. The second-order valence-corrected chi connectivity index (χ2v) is 7.71. The van der Waals surface area contributed by atoms with Gasteiger partial charge < -0.3 is 20.3 Å². The number of ether oxygens (including phenoxy) is 1. The molecule has 0 aromatic rings. The average Bonchev–Trinajstić information content (AvgIpc) is 2.57. The maximum Gasteiger partial charge on any atom is 0.0726 e. The molecule has 3 N–H and O–H groups in total. The summed E-state index contributed by atoms with van der Waals surface area (Å²) in [6.45, 7) is 10.9. The van der Waals surface area contributed by atoms with E-state index in [2.05, 4.69) is 39.9 Å². The van der Waals surface area contributed by atoms with Crippen LogP contribution in [0.4, 0.5) is 0 Å². The van der Waals surface area contributed by atoms with Gasteiger partial charge in [0.15, 0.2) is 0 Å². The first kappa shape index (κ1) is 16.2. The van der Waals surface area contributed by atoms with E-state index < -0.39 is 11.7 Å². The third-order valence-electron chi connectivity index (χ3n) is 5.31. The highest BCUT2D eigenvalue weighted by Gasteiger charge is 2.56. The Hall–Kier alpha value is -0.160. The average molecular weight is 285 g/mol. The second-order valence-electron chi connectivity index (χ2n) is 7.71. The van der Waals surface area contributed by atoms with Crippen LogP contribution in [0.2, 0.25) is 0 Å². The van der Waals surface area contributed by atoms with E-state index in [1.165, 1.54) is 0 Å². The molecule has 2 rings (SSSR count). The molecule has 2 fully saturated rings. The molecule has 0 amide bonds. The minimum Gasteiger partial charge on any atom is -0.392 e. The highest BCUT2D eigenvalue weighted by Crippen LogP contribution is 2.51. The van der Waals surface area contributed by atoms with Crippen molar-refractivity contribution in [3.63, 3.8) is 0 Å². The zero-order chi connectivity index (χ0) is 15.1. The monoisotopic (exact) mass is 285 g/mol. The summed E-state index contributed by atoms with van der Waals surface area (Å²) in [5, 5.41) is 24.4. The molecular formula is C16H31NO3. The van der Waals surface area contributed by atoms with Crippen molar-refractivity contribution < 1.29 is 14.9 Å². The van der Waals surface area contributed by atoms with Crippen molar-refractivity contribution in [3.05, 3.63) is 0 Å². The highest BCUT2D eigenvalue weighted by atomic mass is 16.5. The number of hydrogen-bond acceptors (Lipinski definition) is 4. The molecule has 5 unspecified atom stereocenters. The standard InChI is InChI=1S/C16H31NO3/c1-10(2)17-9-13(18)8-16(19)7-12-6-14(11(16)3)20-15(12,4)5/h10-14,17-19H,6-9H2,1-5H3. The number of aliphatic hydroxyl groups is 2. The summed E-state index contributed by atoms with van der Waals surface area (Å²) in [6.07, 6.45) is 1.82. The summed E-state index contributed by atoms with van der Waals surface area (Å²) in [5.74, 6) is 0.466. The van der Waals surface area contributed by atoms with E-state index in [-0.39, 0.29) is 17.6 Å². The van der Waals surface area contributed by atoms with Crippen molar-refractivity contribution in [2.75, 3.05) is 6.54 Å². The molecule has 2 bridgehead atoms. The summed E-state index contributed by atoms with van der Waals surface area (Å²) in [7, 11) is 0. The summed E-state index contributed by atoms with van der Waals surface area (Å²) >= 11 is 0. The Morgan fingerprint density at radius 3 is 2.60 bits per heavy atom. The molecule has 4 heteroatoms. The van der Waals surface area contributed by atoms with Gasteiger partial charge in [-0.05, 0) is 32.6 Å². The Balaban J connectivity index is 2.00. The van der Waals surface area contributed by atoms with Gasteiger partial charge in [0.25, 0.3) is 0 Å². The summed E-state index contributed by atoms with van der Waals surface area (Å²) in [6, 6.07) is 0.349. The van der Waals surface area contributed by atoms with Crippen LogP contribution in [-0.4, -0.2) is 46.2 Å². The van der Waals surface area contributed by atoms with Crippen molar-refractivity contribution in [2.45, 2.75) is 83.3 Å². The molecule has 4 nitrogen and oxygen atoms in total. The smallest absolute Gasteiger partial charge is 0.0726 e. The van der Waals surface area contributed by atoms with E-state index in [0.717, 1.165) is 12.8 Å². The third kappa shape index (κ3) is 3.19. The number of nitrogens with one attached hydrogen (secondary N) is 1. The third-order valence-corrected chi connectivity index (χ3v) is 5.31. The first-order valence-electron chi connectivity index (χ1n) is 7.95. The molecule has 1 aliphatic carbocycles. The lowest BCUT2D eigenvalue weighted by Crippen LogP contribution is -2.50. The van der Waals surface area contributed by atoms with Crippen molar-refractivity contribution in [1.82, 2.24) is 5.32 Å². The van der Waals surface area contributed by atoms with Crippen LogP contribution in [0.1, 0.15) is 53.9 Å².